The number of carbonyl (C=O) groups excluding carboxylic acids is 1. The van der Waals surface area contributed by atoms with Crippen LogP contribution in [0.1, 0.15) is 20.3 Å². The standard InChI is InChI=1S/C11H22N2O2S/c1-8-6-13(7-9(2)15-8)11(14)10(12)4-5-16-3/h8-10H,4-7,12H2,1-3H3/t8-,9+,10-/m1/s1. The molecular formula is C11H22N2O2S. The summed E-state index contributed by atoms with van der Waals surface area (Å²) in [7, 11) is 0. The fraction of sp³-hybridized carbons (Fsp3) is 0.909. The largest absolute Gasteiger partial charge is 0.372 e. The van der Waals surface area contributed by atoms with Crippen LogP contribution in [0.4, 0.5) is 0 Å². The van der Waals surface area contributed by atoms with Gasteiger partial charge in [-0.05, 0) is 32.3 Å². The highest BCUT2D eigenvalue weighted by molar-refractivity contribution is 7.98. The van der Waals surface area contributed by atoms with E-state index in [9.17, 15) is 4.79 Å². The minimum Gasteiger partial charge on any atom is -0.372 e. The van der Waals surface area contributed by atoms with Crippen molar-refractivity contribution in [3.63, 3.8) is 0 Å². The summed E-state index contributed by atoms with van der Waals surface area (Å²) in [4.78, 5) is 13.9. The van der Waals surface area contributed by atoms with Gasteiger partial charge in [-0.1, -0.05) is 0 Å². The Hall–Kier alpha value is -0.260. The van der Waals surface area contributed by atoms with E-state index < -0.39 is 0 Å². The molecule has 94 valence electrons. The first-order chi connectivity index (χ1) is 7.54. The van der Waals surface area contributed by atoms with Crippen molar-refractivity contribution in [1.82, 2.24) is 4.90 Å². The van der Waals surface area contributed by atoms with E-state index in [1.165, 1.54) is 0 Å². The first-order valence-electron chi connectivity index (χ1n) is 5.73. The average Bonchev–Trinajstić information content (AvgIpc) is 2.23. The Labute approximate surface area is 102 Å². The number of ether oxygens (including phenoxy) is 1. The van der Waals surface area contributed by atoms with Gasteiger partial charge in [-0.15, -0.1) is 0 Å². The highest BCUT2D eigenvalue weighted by atomic mass is 32.2. The zero-order valence-electron chi connectivity index (χ0n) is 10.3. The molecule has 1 amide bonds. The molecule has 0 aromatic carbocycles. The topological polar surface area (TPSA) is 55.6 Å². The van der Waals surface area contributed by atoms with Crippen molar-refractivity contribution < 1.29 is 9.53 Å². The summed E-state index contributed by atoms with van der Waals surface area (Å²) >= 11 is 1.72. The van der Waals surface area contributed by atoms with Gasteiger partial charge in [-0.25, -0.2) is 0 Å². The van der Waals surface area contributed by atoms with Crippen molar-refractivity contribution in [1.29, 1.82) is 0 Å². The van der Waals surface area contributed by atoms with Gasteiger partial charge in [0.15, 0.2) is 0 Å². The molecule has 16 heavy (non-hydrogen) atoms. The van der Waals surface area contributed by atoms with Crippen LogP contribution in [0.2, 0.25) is 0 Å². The maximum absolute atomic E-state index is 12.0. The lowest BCUT2D eigenvalue weighted by atomic mass is 10.1. The van der Waals surface area contributed by atoms with Crippen LogP contribution in [0.5, 0.6) is 0 Å². The molecule has 1 aliphatic rings. The van der Waals surface area contributed by atoms with E-state index in [2.05, 4.69) is 0 Å². The fourth-order valence-electron chi connectivity index (χ4n) is 1.96. The van der Waals surface area contributed by atoms with Crippen LogP contribution < -0.4 is 5.73 Å². The van der Waals surface area contributed by atoms with Crippen LogP contribution in [-0.2, 0) is 9.53 Å². The fourth-order valence-corrected chi connectivity index (χ4v) is 2.45. The van der Waals surface area contributed by atoms with Crippen molar-refractivity contribution in [2.45, 2.75) is 38.5 Å². The van der Waals surface area contributed by atoms with Gasteiger partial charge in [-0.2, -0.15) is 11.8 Å². The molecule has 0 aliphatic carbocycles. The molecule has 0 radical (unpaired) electrons. The molecule has 0 saturated carbocycles. The van der Waals surface area contributed by atoms with E-state index in [1.807, 2.05) is 25.0 Å². The molecule has 2 N–H and O–H groups in total. The van der Waals surface area contributed by atoms with Gasteiger partial charge in [0.2, 0.25) is 5.91 Å². The second kappa shape index (κ2) is 6.47. The summed E-state index contributed by atoms with van der Waals surface area (Å²) in [5.41, 5.74) is 5.88. The van der Waals surface area contributed by atoms with Gasteiger partial charge in [0, 0.05) is 13.1 Å². The normalized spacial score (nSPS) is 27.9. The number of carbonyl (C=O) groups is 1. The van der Waals surface area contributed by atoms with Gasteiger partial charge in [0.1, 0.15) is 0 Å². The van der Waals surface area contributed by atoms with Crippen molar-refractivity contribution in [3.05, 3.63) is 0 Å². The van der Waals surface area contributed by atoms with Crippen LogP contribution in [0.3, 0.4) is 0 Å². The van der Waals surface area contributed by atoms with Gasteiger partial charge in [0.05, 0.1) is 18.2 Å². The van der Waals surface area contributed by atoms with Crippen LogP contribution >= 0.6 is 11.8 Å². The summed E-state index contributed by atoms with van der Waals surface area (Å²) < 4.78 is 5.59. The third kappa shape index (κ3) is 3.96. The second-order valence-electron chi connectivity index (χ2n) is 4.39. The predicted octanol–water partition coefficient (Wildman–Crippen LogP) is 0.703. The van der Waals surface area contributed by atoms with Crippen LogP contribution in [0.25, 0.3) is 0 Å². The van der Waals surface area contributed by atoms with Crippen LogP contribution in [-0.4, -0.2) is 54.2 Å². The van der Waals surface area contributed by atoms with E-state index >= 15 is 0 Å². The van der Waals surface area contributed by atoms with Crippen LogP contribution in [0.15, 0.2) is 0 Å². The minimum absolute atomic E-state index is 0.0658. The summed E-state index contributed by atoms with van der Waals surface area (Å²) in [5, 5.41) is 0. The minimum atomic E-state index is -0.357. The molecule has 0 unspecified atom stereocenters. The molecule has 1 fully saturated rings. The van der Waals surface area contributed by atoms with Gasteiger partial charge >= 0.3 is 0 Å². The summed E-state index contributed by atoms with van der Waals surface area (Å²) in [6, 6.07) is -0.357. The van der Waals surface area contributed by atoms with Crippen molar-refractivity contribution in [2.24, 2.45) is 5.73 Å². The molecule has 0 bridgehead atoms. The van der Waals surface area contributed by atoms with E-state index in [1.54, 1.807) is 11.8 Å². The molecule has 4 nitrogen and oxygen atoms in total. The highest BCUT2D eigenvalue weighted by Gasteiger charge is 2.28. The maximum Gasteiger partial charge on any atom is 0.239 e. The third-order valence-electron chi connectivity index (χ3n) is 2.68. The van der Waals surface area contributed by atoms with Gasteiger partial charge in [-0.3, -0.25) is 4.79 Å². The molecule has 0 spiro atoms. The molecule has 1 saturated heterocycles. The monoisotopic (exact) mass is 246 g/mol. The lowest BCUT2D eigenvalue weighted by Gasteiger charge is -2.36. The van der Waals surface area contributed by atoms with E-state index in [-0.39, 0.29) is 24.2 Å². The maximum atomic E-state index is 12.0. The number of thioether (sulfide) groups is 1. The van der Waals surface area contributed by atoms with Gasteiger partial charge in [0.25, 0.3) is 0 Å². The summed E-state index contributed by atoms with van der Waals surface area (Å²) in [6.07, 6.45) is 3.00. The summed E-state index contributed by atoms with van der Waals surface area (Å²) in [6.45, 7) is 5.30. The number of nitrogens with two attached hydrogens (primary N) is 1. The van der Waals surface area contributed by atoms with E-state index in [0.29, 0.717) is 13.1 Å². The van der Waals surface area contributed by atoms with E-state index in [4.69, 9.17) is 10.5 Å². The lowest BCUT2D eigenvalue weighted by Crippen LogP contribution is -2.53. The quantitative estimate of drug-likeness (QED) is 0.793. The SMILES string of the molecule is CSCC[C@@H](N)C(=O)N1C[C@@H](C)O[C@@H](C)C1. The molecule has 0 aromatic rings. The number of nitrogens with zero attached hydrogens (tertiary/aromatic N) is 1. The molecule has 0 aromatic heterocycles. The number of hydrogen-bond donors (Lipinski definition) is 1. The molecule has 1 heterocycles. The van der Waals surface area contributed by atoms with Crippen molar-refractivity contribution in [2.75, 3.05) is 25.1 Å². The number of morpholine rings is 1. The Morgan fingerprint density at radius 2 is 2.06 bits per heavy atom. The van der Waals surface area contributed by atoms with E-state index in [0.717, 1.165) is 12.2 Å². The van der Waals surface area contributed by atoms with Crippen LogP contribution in [0, 0.1) is 0 Å². The Bertz CT molecular complexity index is 228. The zero-order chi connectivity index (χ0) is 12.1. The van der Waals surface area contributed by atoms with Crippen molar-refractivity contribution >= 4 is 17.7 Å². The van der Waals surface area contributed by atoms with Crippen molar-refractivity contribution in [3.8, 4) is 0 Å². The Morgan fingerprint density at radius 3 is 2.56 bits per heavy atom. The third-order valence-corrected chi connectivity index (χ3v) is 3.33. The smallest absolute Gasteiger partial charge is 0.239 e. The zero-order valence-corrected chi connectivity index (χ0v) is 11.1. The molecule has 1 aliphatic heterocycles. The summed E-state index contributed by atoms with van der Waals surface area (Å²) in [5.74, 6) is 0.999. The number of amides is 1. The lowest BCUT2D eigenvalue weighted by molar-refractivity contribution is -0.144. The Morgan fingerprint density at radius 1 is 1.50 bits per heavy atom. The molecule has 5 heteroatoms. The molecule has 1 rings (SSSR count). The Balaban J connectivity index is 2.45. The first kappa shape index (κ1) is 13.8. The van der Waals surface area contributed by atoms with Gasteiger partial charge < -0.3 is 15.4 Å². The number of rotatable bonds is 4. The second-order valence-corrected chi connectivity index (χ2v) is 5.37. The highest BCUT2D eigenvalue weighted by Crippen LogP contribution is 2.12. The molecule has 3 atom stereocenters. The first-order valence-corrected chi connectivity index (χ1v) is 7.12. The Kier molecular flexibility index (Phi) is 5.58. The predicted molar refractivity (Wildman–Crippen MR) is 67.6 cm³/mol. The molecular weight excluding hydrogens is 224 g/mol. The number of hydrogen-bond acceptors (Lipinski definition) is 4. The average molecular weight is 246 g/mol.